The molecule has 2 rings (SSSR count). The summed E-state index contributed by atoms with van der Waals surface area (Å²) in [6.45, 7) is 8.51. The van der Waals surface area contributed by atoms with E-state index in [1.165, 1.54) is 6.42 Å². The van der Waals surface area contributed by atoms with Crippen LogP contribution in [0.15, 0.2) is 59.2 Å². The zero-order valence-corrected chi connectivity index (χ0v) is 19.2. The van der Waals surface area contributed by atoms with Gasteiger partial charge < -0.3 is 9.66 Å². The van der Waals surface area contributed by atoms with Crippen molar-refractivity contribution in [3.05, 3.63) is 54.3 Å². The molecule has 0 aliphatic heterocycles. The first-order chi connectivity index (χ1) is 10.7. The molecule has 2 nitrogen and oxygen atoms in total. The summed E-state index contributed by atoms with van der Waals surface area (Å²) in [5.74, 6) is 1.09. The average molecular weight is 429 g/mol. The Bertz CT molecular complexity index is 434. The first-order valence-electron chi connectivity index (χ1n) is 7.82. The van der Waals surface area contributed by atoms with Crippen molar-refractivity contribution < 1.29 is 42.4 Å². The fourth-order valence-electron chi connectivity index (χ4n) is 2.13. The van der Waals surface area contributed by atoms with Crippen LogP contribution >= 0.6 is 20.6 Å². The Morgan fingerprint density at radius 3 is 2.22 bits per heavy atom. The number of rotatable bonds is 4. The summed E-state index contributed by atoms with van der Waals surface area (Å²) in [5.41, 5.74) is 0.811. The second-order valence-electron chi connectivity index (χ2n) is 4.60. The molecule has 1 aromatic rings. The Balaban J connectivity index is 0. The van der Waals surface area contributed by atoms with Crippen LogP contribution in [-0.2, 0) is 32.7 Å². The average Bonchev–Trinajstić information content (AvgIpc) is 2.61. The van der Waals surface area contributed by atoms with Crippen LogP contribution in [0.1, 0.15) is 33.6 Å². The molecule has 0 heterocycles. The van der Waals surface area contributed by atoms with E-state index in [4.69, 9.17) is 9.66 Å². The third kappa shape index (κ3) is 11.5. The van der Waals surface area contributed by atoms with Crippen LogP contribution in [0.2, 0.25) is 0 Å². The van der Waals surface area contributed by atoms with Crippen LogP contribution < -0.4 is 0 Å². The van der Waals surface area contributed by atoms with E-state index in [2.05, 4.69) is 19.7 Å². The Hall–Kier alpha value is 0.344. The van der Waals surface area contributed by atoms with Gasteiger partial charge in [-0.25, -0.2) is 0 Å². The molecule has 1 radical (unpaired) electrons. The van der Waals surface area contributed by atoms with Crippen molar-refractivity contribution in [1.82, 2.24) is 0 Å². The first kappa shape index (κ1) is 25.6. The quantitative estimate of drug-likeness (QED) is 0.432. The van der Waals surface area contributed by atoms with E-state index >= 15 is 0 Å². The molecular weight excluding hydrogens is 400 g/mol. The Labute approximate surface area is 173 Å². The van der Waals surface area contributed by atoms with Crippen molar-refractivity contribution in [2.75, 3.05) is 6.66 Å². The van der Waals surface area contributed by atoms with E-state index in [0.717, 1.165) is 37.6 Å². The molecule has 1 aliphatic rings. The number of benzene rings is 1. The van der Waals surface area contributed by atoms with Crippen LogP contribution in [-0.4, -0.2) is 22.0 Å². The van der Waals surface area contributed by atoms with Crippen molar-refractivity contribution in [2.45, 2.75) is 44.2 Å². The van der Waals surface area contributed by atoms with E-state index in [1.54, 1.807) is 0 Å². The van der Waals surface area contributed by atoms with Gasteiger partial charge >= 0.3 is 0 Å². The van der Waals surface area contributed by atoms with Crippen LogP contribution in [0.4, 0.5) is 0 Å². The molecule has 1 aromatic carbocycles. The Morgan fingerprint density at radius 2 is 1.87 bits per heavy atom. The van der Waals surface area contributed by atoms with Gasteiger partial charge in [0.1, 0.15) is 5.76 Å². The summed E-state index contributed by atoms with van der Waals surface area (Å²) in [7, 11) is 1.01. The monoisotopic (exact) mass is 429 g/mol. The SMILES string of the molecule is CC.CCC(PC)C1C=CC(O)=CC1.OSc1ccccc1.[Y]. The molecule has 0 amide bonds. The normalized spacial score (nSPS) is 17.1. The zero-order valence-electron chi connectivity index (χ0n) is 14.6. The third-order valence-electron chi connectivity index (χ3n) is 3.29. The van der Waals surface area contributed by atoms with Crippen LogP contribution in [0, 0.1) is 5.92 Å². The van der Waals surface area contributed by atoms with E-state index < -0.39 is 0 Å². The topological polar surface area (TPSA) is 40.5 Å². The molecule has 1 aliphatic carbocycles. The molecule has 2 N–H and O–H groups in total. The standard InChI is InChI=1S/C10H17OP.C6H6OS.C2H6.Y/c1-3-10(12-2)8-4-6-9(11)7-5-8;7-8-6-4-2-1-3-5-6;1-2;/h4,6-8,10-12H,3,5H2,1-2H3;1-5,7H;1-2H3;. The second-order valence-corrected chi connectivity index (χ2v) is 6.57. The van der Waals surface area contributed by atoms with Gasteiger partial charge in [-0.05, 0) is 55.4 Å². The molecule has 0 spiro atoms. The Kier molecular flexibility index (Phi) is 19.1. The molecule has 5 heteroatoms. The van der Waals surface area contributed by atoms with Crippen LogP contribution in [0.3, 0.4) is 0 Å². The van der Waals surface area contributed by atoms with E-state index in [9.17, 15) is 0 Å². The van der Waals surface area contributed by atoms with Gasteiger partial charge in [-0.3, -0.25) is 0 Å². The van der Waals surface area contributed by atoms with Gasteiger partial charge in [0, 0.05) is 49.6 Å². The number of hydrogen-bond acceptors (Lipinski definition) is 3. The molecule has 23 heavy (non-hydrogen) atoms. The fourth-order valence-corrected chi connectivity index (χ4v) is 3.49. The van der Waals surface area contributed by atoms with Gasteiger partial charge in [-0.1, -0.05) is 45.0 Å². The maximum Gasteiger partial charge on any atom is 0.111 e. The van der Waals surface area contributed by atoms with Crippen LogP contribution in [0.25, 0.3) is 0 Å². The van der Waals surface area contributed by atoms with Gasteiger partial charge in [0.05, 0.1) is 0 Å². The summed E-state index contributed by atoms with van der Waals surface area (Å²) < 4.78 is 8.45. The molecule has 3 unspecified atom stereocenters. The molecule has 0 saturated heterocycles. The van der Waals surface area contributed by atoms with Gasteiger partial charge in [-0.2, -0.15) is 0 Å². The molecule has 127 valence electrons. The van der Waals surface area contributed by atoms with Gasteiger partial charge in [0.2, 0.25) is 0 Å². The van der Waals surface area contributed by atoms with Crippen molar-refractivity contribution in [2.24, 2.45) is 5.92 Å². The summed E-state index contributed by atoms with van der Waals surface area (Å²) in [5, 5.41) is 9.13. The van der Waals surface area contributed by atoms with Gasteiger partial charge in [0.25, 0.3) is 0 Å². The summed E-state index contributed by atoms with van der Waals surface area (Å²) >= 11 is 0.769. The fraction of sp³-hybridized carbons (Fsp3) is 0.444. The second kappa shape index (κ2) is 17.2. The predicted octanol–water partition coefficient (Wildman–Crippen LogP) is 6.37. The zero-order chi connectivity index (χ0) is 16.8. The molecule has 0 fully saturated rings. The van der Waals surface area contributed by atoms with Crippen molar-refractivity contribution in [1.29, 1.82) is 0 Å². The maximum absolute atomic E-state index is 9.13. The van der Waals surface area contributed by atoms with E-state index in [-0.39, 0.29) is 32.7 Å². The number of aliphatic hydroxyl groups excluding tert-OH is 1. The van der Waals surface area contributed by atoms with Crippen LogP contribution in [0.5, 0.6) is 0 Å². The Morgan fingerprint density at radius 1 is 1.26 bits per heavy atom. The molecule has 0 saturated carbocycles. The minimum atomic E-state index is 0. The number of hydrogen-bond donors (Lipinski definition) is 2. The summed E-state index contributed by atoms with van der Waals surface area (Å²) in [6, 6.07) is 9.40. The minimum absolute atomic E-state index is 0. The van der Waals surface area contributed by atoms with Crippen molar-refractivity contribution in [3.8, 4) is 0 Å². The minimum Gasteiger partial charge on any atom is -0.508 e. The summed E-state index contributed by atoms with van der Waals surface area (Å²) in [6.07, 6.45) is 8.17. The predicted molar refractivity (Wildman–Crippen MR) is 103 cm³/mol. The smallest absolute Gasteiger partial charge is 0.111 e. The third-order valence-corrected chi connectivity index (χ3v) is 5.35. The van der Waals surface area contributed by atoms with Gasteiger partial charge in [0.15, 0.2) is 0 Å². The van der Waals surface area contributed by atoms with E-state index in [1.807, 2.05) is 56.3 Å². The largest absolute Gasteiger partial charge is 0.508 e. The number of aliphatic hydroxyl groups is 1. The van der Waals surface area contributed by atoms with Crippen molar-refractivity contribution in [3.63, 3.8) is 0 Å². The van der Waals surface area contributed by atoms with E-state index in [0.29, 0.717) is 11.7 Å². The molecular formula is C18H29O2PSY. The molecule has 0 aromatic heterocycles. The molecule has 3 atom stereocenters. The summed E-state index contributed by atoms with van der Waals surface area (Å²) in [4.78, 5) is 0.882. The molecule has 0 bridgehead atoms. The van der Waals surface area contributed by atoms with Gasteiger partial charge in [-0.15, -0.1) is 8.58 Å². The number of allylic oxidation sites excluding steroid dienone is 3. The van der Waals surface area contributed by atoms with Crippen molar-refractivity contribution >= 4 is 20.6 Å². The first-order valence-corrected chi connectivity index (χ1v) is 10.2. The maximum atomic E-state index is 9.13.